The minimum atomic E-state index is -0.454. The summed E-state index contributed by atoms with van der Waals surface area (Å²) in [6.07, 6.45) is 11.4. The first-order valence-electron chi connectivity index (χ1n) is 16.9. The molecule has 16 heteroatoms. The highest BCUT2D eigenvalue weighted by Crippen LogP contribution is 2.46. The van der Waals surface area contributed by atoms with Crippen molar-refractivity contribution in [2.75, 3.05) is 59.8 Å². The summed E-state index contributed by atoms with van der Waals surface area (Å²) in [4.78, 5) is 53.3. The van der Waals surface area contributed by atoms with Gasteiger partial charge in [-0.2, -0.15) is 0 Å². The molecule has 53 heavy (non-hydrogen) atoms. The summed E-state index contributed by atoms with van der Waals surface area (Å²) >= 11 is 13.6. The average molecular weight is 763 g/mol. The van der Waals surface area contributed by atoms with Crippen molar-refractivity contribution in [3.8, 4) is 22.6 Å². The van der Waals surface area contributed by atoms with Gasteiger partial charge in [0.2, 0.25) is 5.91 Å². The Labute approximate surface area is 315 Å². The van der Waals surface area contributed by atoms with E-state index in [2.05, 4.69) is 20.3 Å². The number of methoxy groups -OCH3 is 2. The second-order valence-corrected chi connectivity index (χ2v) is 14.2. The van der Waals surface area contributed by atoms with E-state index >= 15 is 0 Å². The van der Waals surface area contributed by atoms with Gasteiger partial charge >= 0.3 is 5.82 Å². The van der Waals surface area contributed by atoms with E-state index in [0.717, 1.165) is 5.69 Å². The maximum absolute atomic E-state index is 14.7. The fourth-order valence-corrected chi connectivity index (χ4v) is 7.46. The van der Waals surface area contributed by atoms with Crippen LogP contribution in [0.1, 0.15) is 25.3 Å². The van der Waals surface area contributed by atoms with Gasteiger partial charge in [0, 0.05) is 67.1 Å². The fourth-order valence-electron chi connectivity index (χ4n) is 6.75. The Kier molecular flexibility index (Phi) is 11.1. The molecule has 0 saturated carbocycles. The van der Waals surface area contributed by atoms with Gasteiger partial charge in [-0.1, -0.05) is 28.2 Å². The number of nitrogens with zero attached hydrogens (tertiary/aromatic N) is 7. The predicted octanol–water partition coefficient (Wildman–Crippen LogP) is 6.29. The Morgan fingerprint density at radius 3 is 2.47 bits per heavy atom. The van der Waals surface area contributed by atoms with Crippen LogP contribution >= 0.6 is 23.2 Å². The number of carbonyl (C=O) groups excluding carboxylic acids is 1. The number of aromatic nitrogens is 3. The quantitative estimate of drug-likeness (QED) is 0.0760. The molecule has 4 aromatic rings. The molecular formula is C37H39Cl2N8O6+. The van der Waals surface area contributed by atoms with E-state index in [9.17, 15) is 19.7 Å². The monoisotopic (exact) mass is 761 g/mol. The van der Waals surface area contributed by atoms with E-state index in [4.69, 9.17) is 32.7 Å². The van der Waals surface area contributed by atoms with Crippen molar-refractivity contribution in [2.45, 2.75) is 25.3 Å². The normalized spacial score (nSPS) is 15.1. The zero-order valence-corrected chi connectivity index (χ0v) is 31.2. The standard InChI is InChI=1S/C37H38Cl2N8O6/c1-47(2,22-23-9-13-41-36(23)46(50)51)16-6-8-32(48)44-14-10-26(11-15-44)45-28-18-31(43-25-7-5-12-40-21-25)42-20-24(28)17-27(37(45)49)33-34(38)29(52-3)19-30(53-4)35(33)39/h5-8,12-13,17-21,26H,9-11,14-16,22H2,1-4H3/p+1/b8-6+. The van der Waals surface area contributed by atoms with Gasteiger partial charge in [-0.15, -0.1) is 0 Å². The number of hydrogen-bond donors (Lipinski definition) is 1. The fraction of sp³-hybridized carbons (Fsp3) is 0.324. The summed E-state index contributed by atoms with van der Waals surface area (Å²) in [7, 11) is 6.85. The number of likely N-dealkylation sites (tertiary alicyclic amines) is 1. The largest absolute Gasteiger partial charge is 0.495 e. The molecule has 14 nitrogen and oxygen atoms in total. The number of ether oxygens (including phenoxy) is 2. The average Bonchev–Trinajstić information content (AvgIpc) is 3.60. The van der Waals surface area contributed by atoms with Crippen LogP contribution in [-0.4, -0.2) is 95.5 Å². The molecule has 1 saturated heterocycles. The third-order valence-corrected chi connectivity index (χ3v) is 10.1. The van der Waals surface area contributed by atoms with Crippen molar-refractivity contribution >= 4 is 57.7 Å². The second kappa shape index (κ2) is 15.7. The van der Waals surface area contributed by atoms with E-state index in [1.807, 2.05) is 32.3 Å². The van der Waals surface area contributed by atoms with Crippen molar-refractivity contribution < 1.29 is 23.7 Å². The summed E-state index contributed by atoms with van der Waals surface area (Å²) in [5, 5.41) is 15.6. The van der Waals surface area contributed by atoms with Crippen LogP contribution in [0.15, 0.2) is 82.3 Å². The SMILES string of the molecule is COc1cc(OC)c(Cl)c(-c2cc3cnc(Nc4cccnc4)cc3n(C3CCN(C(=O)/C=C/C[N+](C)(C)CC4=C([N+](=O)[O-])N=CC4)CC3)c2=O)c1Cl. The molecule has 0 atom stereocenters. The lowest BCUT2D eigenvalue weighted by molar-refractivity contribution is -0.880. The maximum atomic E-state index is 14.7. The topological polar surface area (TPSA) is 154 Å². The van der Waals surface area contributed by atoms with Gasteiger partial charge in [0.25, 0.3) is 5.56 Å². The minimum absolute atomic E-state index is 0.0943. The van der Waals surface area contributed by atoms with Gasteiger partial charge < -0.3 is 38.9 Å². The Bertz CT molecular complexity index is 2180. The van der Waals surface area contributed by atoms with Crippen molar-refractivity contribution in [3.05, 3.63) is 103 Å². The number of piperidine rings is 1. The Balaban J connectivity index is 1.28. The molecule has 6 rings (SSSR count). The van der Waals surface area contributed by atoms with Crippen molar-refractivity contribution in [3.63, 3.8) is 0 Å². The number of nitrogens with one attached hydrogen (secondary N) is 1. The lowest BCUT2D eigenvalue weighted by atomic mass is 10.00. The molecule has 0 spiro atoms. The predicted molar refractivity (Wildman–Crippen MR) is 205 cm³/mol. The number of rotatable bonds is 12. The molecule has 1 N–H and O–H groups in total. The molecule has 0 radical (unpaired) electrons. The summed E-state index contributed by atoms with van der Waals surface area (Å²) < 4.78 is 13.2. The molecule has 1 amide bonds. The lowest BCUT2D eigenvalue weighted by Crippen LogP contribution is -2.42. The zero-order chi connectivity index (χ0) is 37.9. The van der Waals surface area contributed by atoms with E-state index < -0.39 is 4.92 Å². The molecule has 0 aliphatic carbocycles. The van der Waals surface area contributed by atoms with Crippen LogP contribution in [0.25, 0.3) is 22.0 Å². The van der Waals surface area contributed by atoms with E-state index in [0.29, 0.717) is 83.7 Å². The van der Waals surface area contributed by atoms with Crippen LogP contribution in [-0.2, 0) is 4.79 Å². The lowest BCUT2D eigenvalue weighted by Gasteiger charge is -2.33. The minimum Gasteiger partial charge on any atom is -0.495 e. The molecule has 3 aromatic heterocycles. The molecule has 1 fully saturated rings. The third-order valence-electron chi connectivity index (χ3n) is 9.36. The number of pyridine rings is 3. The number of anilines is 2. The summed E-state index contributed by atoms with van der Waals surface area (Å²) in [5.74, 6) is 0.893. The van der Waals surface area contributed by atoms with Crippen molar-refractivity contribution in [2.24, 2.45) is 4.99 Å². The van der Waals surface area contributed by atoms with E-state index in [1.54, 1.807) is 58.6 Å². The van der Waals surface area contributed by atoms with Crippen LogP contribution in [0.5, 0.6) is 11.5 Å². The number of halogens is 2. The van der Waals surface area contributed by atoms with Crippen molar-refractivity contribution in [1.82, 2.24) is 19.4 Å². The number of benzene rings is 1. The van der Waals surface area contributed by atoms with E-state index in [-0.39, 0.29) is 44.5 Å². The highest BCUT2D eigenvalue weighted by molar-refractivity contribution is 6.41. The first-order valence-corrected chi connectivity index (χ1v) is 17.7. The van der Waals surface area contributed by atoms with Gasteiger partial charge in [0.05, 0.1) is 73.4 Å². The Morgan fingerprint density at radius 2 is 1.83 bits per heavy atom. The molecule has 0 bridgehead atoms. The highest BCUT2D eigenvalue weighted by atomic mass is 35.5. The molecule has 0 unspecified atom stereocenters. The smallest absolute Gasteiger partial charge is 0.368 e. The number of likely N-dealkylation sites (N-methyl/N-ethyl adjacent to an activating group) is 1. The summed E-state index contributed by atoms with van der Waals surface area (Å²) in [6, 6.07) is 8.52. The van der Waals surface area contributed by atoms with Gasteiger partial charge in [-0.05, 0) is 42.0 Å². The first-order chi connectivity index (χ1) is 25.4. The molecule has 1 aromatic carbocycles. The molecule has 2 aliphatic rings. The zero-order valence-electron chi connectivity index (χ0n) is 29.7. The van der Waals surface area contributed by atoms with Crippen LogP contribution in [0.2, 0.25) is 10.0 Å². The number of aliphatic imine (C=N–C) groups is 1. The number of fused-ring (bicyclic) bond motifs is 1. The van der Waals surface area contributed by atoms with Crippen LogP contribution < -0.4 is 20.3 Å². The number of hydrogen-bond acceptors (Lipinski definition) is 10. The van der Waals surface area contributed by atoms with Crippen LogP contribution in [0, 0.1) is 10.1 Å². The van der Waals surface area contributed by atoms with E-state index in [1.165, 1.54) is 14.2 Å². The second-order valence-electron chi connectivity index (χ2n) is 13.4. The first kappa shape index (κ1) is 37.4. The van der Waals surface area contributed by atoms with Crippen LogP contribution in [0.3, 0.4) is 0 Å². The van der Waals surface area contributed by atoms with Crippen molar-refractivity contribution in [1.29, 1.82) is 0 Å². The molecule has 2 aliphatic heterocycles. The highest BCUT2D eigenvalue weighted by Gasteiger charge is 2.30. The third kappa shape index (κ3) is 8.04. The number of amides is 1. The Hall–Kier alpha value is -5.31. The summed E-state index contributed by atoms with van der Waals surface area (Å²) in [6.45, 7) is 1.77. The molecule has 276 valence electrons. The molecule has 5 heterocycles. The van der Waals surface area contributed by atoms with Crippen LogP contribution in [0.4, 0.5) is 11.5 Å². The van der Waals surface area contributed by atoms with Gasteiger partial charge in [0.1, 0.15) is 30.1 Å². The van der Waals surface area contributed by atoms with Gasteiger partial charge in [0.15, 0.2) is 0 Å². The number of carbonyl (C=O) groups is 1. The number of quaternary nitrogens is 1. The van der Waals surface area contributed by atoms with Gasteiger partial charge in [-0.3, -0.25) is 14.6 Å². The Morgan fingerprint density at radius 1 is 1.11 bits per heavy atom. The van der Waals surface area contributed by atoms with Gasteiger partial charge in [-0.25, -0.2) is 4.98 Å². The number of nitro groups is 1. The maximum Gasteiger partial charge on any atom is 0.368 e. The molecular weight excluding hydrogens is 723 g/mol. The summed E-state index contributed by atoms with van der Waals surface area (Å²) in [5.41, 5.74) is 2.28.